The Kier molecular flexibility index (Phi) is 4.99. The number of hydrogen-bond donors (Lipinski definition) is 0. The predicted molar refractivity (Wildman–Crippen MR) is 79.7 cm³/mol. The molecule has 1 aromatic carbocycles. The smallest absolute Gasteiger partial charge is 0.311 e. The van der Waals surface area contributed by atoms with Crippen LogP contribution in [0.5, 0.6) is 0 Å². The van der Waals surface area contributed by atoms with Crippen molar-refractivity contribution < 1.29 is 9.53 Å². The Labute approximate surface area is 121 Å². The molecule has 0 aliphatic heterocycles. The number of thioether (sulfide) groups is 1. The van der Waals surface area contributed by atoms with Gasteiger partial charge in [0.2, 0.25) is 0 Å². The fourth-order valence-electron chi connectivity index (χ4n) is 1.61. The van der Waals surface area contributed by atoms with Crippen LogP contribution in [0.3, 0.4) is 0 Å². The van der Waals surface area contributed by atoms with Gasteiger partial charge in [-0.15, -0.1) is 23.1 Å². The van der Waals surface area contributed by atoms with Crippen LogP contribution >= 0.6 is 23.1 Å². The topological polar surface area (TPSA) is 39.2 Å². The molecule has 3 nitrogen and oxygen atoms in total. The molecule has 0 bridgehead atoms. The van der Waals surface area contributed by atoms with Crippen LogP contribution in [-0.2, 0) is 16.0 Å². The molecule has 0 fully saturated rings. The third kappa shape index (κ3) is 3.81. The van der Waals surface area contributed by atoms with Gasteiger partial charge in [-0.25, -0.2) is 4.98 Å². The molecule has 19 heavy (non-hydrogen) atoms. The molecule has 2 rings (SSSR count). The number of hydrogen-bond acceptors (Lipinski definition) is 5. The SMILES string of the molecule is CCOC(=O)Cc1csc(-c2ccc(SC)cc2)n1. The number of esters is 1. The first-order valence-electron chi connectivity index (χ1n) is 5.97. The van der Waals surface area contributed by atoms with Crippen LogP contribution in [0.15, 0.2) is 34.5 Å². The van der Waals surface area contributed by atoms with Crippen LogP contribution in [0, 0.1) is 0 Å². The van der Waals surface area contributed by atoms with E-state index in [2.05, 4.69) is 35.5 Å². The Morgan fingerprint density at radius 1 is 1.37 bits per heavy atom. The number of carbonyl (C=O) groups excluding carboxylic acids is 1. The van der Waals surface area contributed by atoms with Crippen molar-refractivity contribution >= 4 is 29.1 Å². The highest BCUT2D eigenvalue weighted by molar-refractivity contribution is 7.98. The monoisotopic (exact) mass is 293 g/mol. The number of carbonyl (C=O) groups is 1. The minimum absolute atomic E-state index is 0.225. The summed E-state index contributed by atoms with van der Waals surface area (Å²) >= 11 is 3.26. The maximum Gasteiger partial charge on any atom is 0.311 e. The van der Waals surface area contributed by atoms with Gasteiger partial charge in [0, 0.05) is 15.8 Å². The molecule has 0 aliphatic rings. The Hall–Kier alpha value is -1.33. The summed E-state index contributed by atoms with van der Waals surface area (Å²) in [6.07, 6.45) is 2.29. The van der Waals surface area contributed by atoms with Crippen molar-refractivity contribution in [3.05, 3.63) is 35.3 Å². The molecule has 5 heteroatoms. The normalized spacial score (nSPS) is 10.4. The molecule has 0 unspecified atom stereocenters. The lowest BCUT2D eigenvalue weighted by molar-refractivity contribution is -0.142. The molecule has 0 radical (unpaired) electrons. The Balaban J connectivity index is 2.09. The first kappa shape index (κ1) is 14.1. The van der Waals surface area contributed by atoms with E-state index in [-0.39, 0.29) is 12.4 Å². The summed E-state index contributed by atoms with van der Waals surface area (Å²) in [6, 6.07) is 8.26. The maximum atomic E-state index is 11.4. The average Bonchev–Trinajstić information content (AvgIpc) is 2.87. The van der Waals surface area contributed by atoms with Crippen LogP contribution < -0.4 is 0 Å². The van der Waals surface area contributed by atoms with Crippen LogP contribution in [0.25, 0.3) is 10.6 Å². The number of ether oxygens (including phenoxy) is 1. The van der Waals surface area contributed by atoms with Gasteiger partial charge < -0.3 is 4.74 Å². The van der Waals surface area contributed by atoms with E-state index < -0.39 is 0 Å². The van der Waals surface area contributed by atoms with E-state index in [0.717, 1.165) is 16.3 Å². The number of rotatable bonds is 5. The summed E-state index contributed by atoms with van der Waals surface area (Å²) in [5.41, 5.74) is 1.85. The van der Waals surface area contributed by atoms with E-state index in [1.807, 2.05) is 5.38 Å². The Bertz CT molecular complexity index is 549. The molecule has 2 aromatic rings. The number of thiazole rings is 1. The van der Waals surface area contributed by atoms with Crippen molar-refractivity contribution in [3.8, 4) is 10.6 Å². The second-order valence-corrected chi connectivity index (χ2v) is 5.59. The van der Waals surface area contributed by atoms with Crippen LogP contribution in [0.4, 0.5) is 0 Å². The second kappa shape index (κ2) is 6.73. The fourth-order valence-corrected chi connectivity index (χ4v) is 2.85. The third-order valence-corrected chi connectivity index (χ3v) is 4.20. The zero-order valence-electron chi connectivity index (χ0n) is 10.9. The lowest BCUT2D eigenvalue weighted by Gasteiger charge is -1.99. The molecule has 1 aromatic heterocycles. The zero-order valence-corrected chi connectivity index (χ0v) is 12.5. The van der Waals surface area contributed by atoms with Crippen molar-refractivity contribution in [2.75, 3.05) is 12.9 Å². The lowest BCUT2D eigenvalue weighted by Crippen LogP contribution is -2.07. The fraction of sp³-hybridized carbons (Fsp3) is 0.286. The Morgan fingerprint density at radius 2 is 2.11 bits per heavy atom. The summed E-state index contributed by atoms with van der Waals surface area (Å²) in [6.45, 7) is 2.21. The van der Waals surface area contributed by atoms with E-state index in [1.54, 1.807) is 30.0 Å². The molecule has 0 atom stereocenters. The highest BCUT2D eigenvalue weighted by Gasteiger charge is 2.09. The summed E-state index contributed by atoms with van der Waals surface area (Å²) in [4.78, 5) is 17.1. The first-order chi connectivity index (χ1) is 9.22. The van der Waals surface area contributed by atoms with Crippen molar-refractivity contribution in [1.82, 2.24) is 4.98 Å². The van der Waals surface area contributed by atoms with Gasteiger partial charge in [0.1, 0.15) is 5.01 Å². The van der Waals surface area contributed by atoms with Crippen molar-refractivity contribution in [1.29, 1.82) is 0 Å². The molecule has 0 spiro atoms. The predicted octanol–water partition coefficient (Wildman–Crippen LogP) is 3.64. The van der Waals surface area contributed by atoms with Gasteiger partial charge in [0.05, 0.1) is 18.7 Å². The highest BCUT2D eigenvalue weighted by Crippen LogP contribution is 2.26. The number of benzene rings is 1. The van der Waals surface area contributed by atoms with Crippen LogP contribution in [0.2, 0.25) is 0 Å². The van der Waals surface area contributed by atoms with Gasteiger partial charge in [-0.2, -0.15) is 0 Å². The molecule has 1 heterocycles. The van der Waals surface area contributed by atoms with E-state index in [0.29, 0.717) is 6.61 Å². The van der Waals surface area contributed by atoms with Gasteiger partial charge in [0.25, 0.3) is 0 Å². The van der Waals surface area contributed by atoms with E-state index >= 15 is 0 Å². The van der Waals surface area contributed by atoms with Gasteiger partial charge >= 0.3 is 5.97 Å². The van der Waals surface area contributed by atoms with Crippen molar-refractivity contribution in [2.24, 2.45) is 0 Å². The molecule has 0 aliphatic carbocycles. The summed E-state index contributed by atoms with van der Waals surface area (Å²) in [5.74, 6) is -0.225. The third-order valence-electron chi connectivity index (χ3n) is 2.52. The molecule has 100 valence electrons. The number of nitrogens with zero attached hydrogens (tertiary/aromatic N) is 1. The van der Waals surface area contributed by atoms with E-state index in [1.165, 1.54) is 4.90 Å². The van der Waals surface area contributed by atoms with Gasteiger partial charge in [-0.1, -0.05) is 12.1 Å². The molecule has 0 saturated carbocycles. The molecule has 0 amide bonds. The summed E-state index contributed by atoms with van der Waals surface area (Å²) in [5, 5.41) is 2.85. The van der Waals surface area contributed by atoms with Gasteiger partial charge in [-0.3, -0.25) is 4.79 Å². The summed E-state index contributed by atoms with van der Waals surface area (Å²) < 4.78 is 4.91. The lowest BCUT2D eigenvalue weighted by atomic mass is 10.2. The first-order valence-corrected chi connectivity index (χ1v) is 8.07. The standard InChI is InChI=1S/C14H15NO2S2/c1-3-17-13(16)8-11-9-19-14(15-11)10-4-6-12(18-2)7-5-10/h4-7,9H,3,8H2,1-2H3. The van der Waals surface area contributed by atoms with Crippen LogP contribution in [-0.4, -0.2) is 23.8 Å². The molecular weight excluding hydrogens is 278 g/mol. The largest absolute Gasteiger partial charge is 0.466 e. The highest BCUT2D eigenvalue weighted by atomic mass is 32.2. The van der Waals surface area contributed by atoms with Gasteiger partial charge in [-0.05, 0) is 25.3 Å². The quantitative estimate of drug-likeness (QED) is 0.623. The van der Waals surface area contributed by atoms with Crippen LogP contribution in [0.1, 0.15) is 12.6 Å². The zero-order chi connectivity index (χ0) is 13.7. The minimum Gasteiger partial charge on any atom is -0.466 e. The maximum absolute atomic E-state index is 11.4. The Morgan fingerprint density at radius 3 is 2.74 bits per heavy atom. The second-order valence-electron chi connectivity index (χ2n) is 3.85. The van der Waals surface area contributed by atoms with E-state index in [9.17, 15) is 4.79 Å². The van der Waals surface area contributed by atoms with Crippen molar-refractivity contribution in [2.45, 2.75) is 18.2 Å². The molecule has 0 saturated heterocycles. The average molecular weight is 293 g/mol. The molecular formula is C14H15NO2S2. The number of aromatic nitrogens is 1. The van der Waals surface area contributed by atoms with E-state index in [4.69, 9.17) is 4.74 Å². The van der Waals surface area contributed by atoms with Crippen molar-refractivity contribution in [3.63, 3.8) is 0 Å². The minimum atomic E-state index is -0.225. The summed E-state index contributed by atoms with van der Waals surface area (Å²) in [7, 11) is 0. The molecule has 0 N–H and O–H groups in total. The van der Waals surface area contributed by atoms with Gasteiger partial charge in [0.15, 0.2) is 0 Å².